The van der Waals surface area contributed by atoms with E-state index in [0.29, 0.717) is 13.1 Å². The summed E-state index contributed by atoms with van der Waals surface area (Å²) in [5.74, 6) is 0.969. The Morgan fingerprint density at radius 3 is 2.63 bits per heavy atom. The maximum Gasteiger partial charge on any atom is 0.259 e. The third-order valence-corrected chi connectivity index (χ3v) is 6.58. The van der Waals surface area contributed by atoms with Gasteiger partial charge in [-0.3, -0.25) is 19.6 Å². The van der Waals surface area contributed by atoms with Crippen LogP contribution < -0.4 is 0 Å². The predicted octanol–water partition coefficient (Wildman–Crippen LogP) is 3.48. The number of rotatable bonds is 4. The van der Waals surface area contributed by atoms with Crippen molar-refractivity contribution in [1.29, 1.82) is 0 Å². The summed E-state index contributed by atoms with van der Waals surface area (Å²) in [6.45, 7) is 9.04. The molecule has 2 aromatic carbocycles. The number of carbonyl (C=O) groups excluding carboxylic acids is 1. The molecule has 0 fully saturated rings. The highest BCUT2D eigenvalue weighted by Gasteiger charge is 2.41. The van der Waals surface area contributed by atoms with Crippen LogP contribution in [0, 0.1) is 13.8 Å². The predicted molar refractivity (Wildman–Crippen MR) is 119 cm³/mol. The molecule has 5 rings (SSSR count). The van der Waals surface area contributed by atoms with Crippen molar-refractivity contribution in [2.75, 3.05) is 26.2 Å². The minimum Gasteiger partial charge on any atom is -0.314 e. The Kier molecular flexibility index (Phi) is 4.91. The Labute approximate surface area is 178 Å². The Morgan fingerprint density at radius 1 is 0.967 bits per heavy atom. The quantitative estimate of drug-likeness (QED) is 0.789. The molecule has 0 saturated heterocycles. The first-order valence-corrected chi connectivity index (χ1v) is 10.8. The lowest BCUT2D eigenvalue weighted by atomic mass is 9.98. The van der Waals surface area contributed by atoms with Crippen LogP contribution in [0.4, 0.5) is 0 Å². The molecular weight excluding hydrogens is 372 g/mol. The van der Waals surface area contributed by atoms with Crippen LogP contribution in [0.15, 0.2) is 64.8 Å². The molecule has 0 N–H and O–H groups in total. The number of aliphatic imine (C=N–C) groups is 1. The van der Waals surface area contributed by atoms with Crippen molar-refractivity contribution in [2.24, 2.45) is 4.99 Å². The maximum absolute atomic E-state index is 13.6. The lowest BCUT2D eigenvalue weighted by Crippen LogP contribution is -2.53. The highest BCUT2D eigenvalue weighted by molar-refractivity contribution is 6.09. The fourth-order valence-electron chi connectivity index (χ4n) is 4.75. The summed E-state index contributed by atoms with van der Waals surface area (Å²) >= 11 is 0. The van der Waals surface area contributed by atoms with Crippen molar-refractivity contribution in [3.05, 3.63) is 82.1 Å². The average molecular weight is 401 g/mol. The van der Waals surface area contributed by atoms with Crippen molar-refractivity contribution in [2.45, 2.75) is 33.4 Å². The van der Waals surface area contributed by atoms with Crippen molar-refractivity contribution < 1.29 is 4.79 Å². The molecule has 0 radical (unpaired) electrons. The van der Waals surface area contributed by atoms with Crippen LogP contribution in [0.3, 0.4) is 0 Å². The van der Waals surface area contributed by atoms with Crippen LogP contribution >= 0.6 is 0 Å². The number of aryl methyl sites for hydroxylation is 1. The molecular formula is C25H28N4O. The standard InChI is InChI=1S/C25H28N4O/c1-18-7-6-10-21(19(18)2)16-29-24(30)22-17-27(15-20-8-4-3-5-9-20)13-11-23(22)28-14-12-26-25(28)29/h3-10H,11-17H2,1-2H3. The zero-order chi connectivity index (χ0) is 20.7. The summed E-state index contributed by atoms with van der Waals surface area (Å²) in [7, 11) is 0. The molecule has 5 nitrogen and oxygen atoms in total. The Hall–Kier alpha value is -2.92. The Bertz CT molecular complexity index is 1040. The van der Waals surface area contributed by atoms with E-state index in [1.165, 1.54) is 28.0 Å². The van der Waals surface area contributed by atoms with Crippen LogP contribution in [0.25, 0.3) is 0 Å². The van der Waals surface area contributed by atoms with Crippen molar-refractivity contribution in [1.82, 2.24) is 14.7 Å². The summed E-state index contributed by atoms with van der Waals surface area (Å²) in [4.78, 5) is 24.9. The Morgan fingerprint density at radius 2 is 1.80 bits per heavy atom. The van der Waals surface area contributed by atoms with Gasteiger partial charge in [-0.05, 0) is 36.1 Å². The van der Waals surface area contributed by atoms with E-state index in [-0.39, 0.29) is 5.91 Å². The molecule has 30 heavy (non-hydrogen) atoms. The molecule has 0 bridgehead atoms. The summed E-state index contributed by atoms with van der Waals surface area (Å²) in [5, 5.41) is 0. The fraction of sp³-hybridized carbons (Fsp3) is 0.360. The number of amides is 1. The van der Waals surface area contributed by atoms with Gasteiger partial charge in [-0.1, -0.05) is 48.5 Å². The van der Waals surface area contributed by atoms with Gasteiger partial charge < -0.3 is 4.90 Å². The minimum atomic E-state index is 0.126. The Balaban J connectivity index is 1.43. The van der Waals surface area contributed by atoms with Gasteiger partial charge in [-0.15, -0.1) is 0 Å². The van der Waals surface area contributed by atoms with Crippen LogP contribution in [-0.2, 0) is 17.9 Å². The summed E-state index contributed by atoms with van der Waals surface area (Å²) in [5.41, 5.74) is 7.14. The molecule has 3 heterocycles. The van der Waals surface area contributed by atoms with Gasteiger partial charge in [0.15, 0.2) is 0 Å². The molecule has 3 aliphatic rings. The number of hydrogen-bond acceptors (Lipinski definition) is 4. The topological polar surface area (TPSA) is 39.2 Å². The second-order valence-electron chi connectivity index (χ2n) is 8.46. The fourth-order valence-corrected chi connectivity index (χ4v) is 4.75. The van der Waals surface area contributed by atoms with Crippen LogP contribution in [0.1, 0.15) is 28.7 Å². The van der Waals surface area contributed by atoms with E-state index in [0.717, 1.165) is 44.1 Å². The van der Waals surface area contributed by atoms with Gasteiger partial charge in [-0.25, -0.2) is 0 Å². The van der Waals surface area contributed by atoms with Gasteiger partial charge in [-0.2, -0.15) is 0 Å². The summed E-state index contributed by atoms with van der Waals surface area (Å²) in [6, 6.07) is 16.8. The molecule has 154 valence electrons. The monoisotopic (exact) mass is 400 g/mol. The normalized spacial score (nSPS) is 19.1. The molecule has 2 aromatic rings. The summed E-state index contributed by atoms with van der Waals surface area (Å²) < 4.78 is 0. The average Bonchev–Trinajstić information content (AvgIpc) is 3.24. The van der Waals surface area contributed by atoms with Gasteiger partial charge >= 0.3 is 0 Å². The van der Waals surface area contributed by atoms with E-state index >= 15 is 0 Å². The van der Waals surface area contributed by atoms with E-state index in [1.807, 2.05) is 11.0 Å². The van der Waals surface area contributed by atoms with Crippen molar-refractivity contribution >= 4 is 11.9 Å². The second kappa shape index (κ2) is 7.73. The molecule has 0 saturated carbocycles. The van der Waals surface area contributed by atoms with Crippen LogP contribution in [0.5, 0.6) is 0 Å². The van der Waals surface area contributed by atoms with Crippen molar-refractivity contribution in [3.63, 3.8) is 0 Å². The van der Waals surface area contributed by atoms with Gasteiger partial charge in [0, 0.05) is 38.3 Å². The van der Waals surface area contributed by atoms with Crippen LogP contribution in [-0.4, -0.2) is 52.7 Å². The number of fused-ring (bicyclic) bond motifs is 2. The molecule has 5 heteroatoms. The van der Waals surface area contributed by atoms with Gasteiger partial charge in [0.2, 0.25) is 5.96 Å². The first kappa shape index (κ1) is 19.1. The zero-order valence-corrected chi connectivity index (χ0v) is 17.8. The molecule has 0 atom stereocenters. The molecule has 3 aliphatic heterocycles. The largest absolute Gasteiger partial charge is 0.314 e. The number of nitrogens with zero attached hydrogens (tertiary/aromatic N) is 4. The lowest BCUT2D eigenvalue weighted by molar-refractivity contribution is -0.125. The smallest absolute Gasteiger partial charge is 0.259 e. The number of guanidine groups is 1. The third-order valence-electron chi connectivity index (χ3n) is 6.58. The number of hydrogen-bond donors (Lipinski definition) is 0. The molecule has 1 amide bonds. The highest BCUT2D eigenvalue weighted by atomic mass is 16.2. The lowest BCUT2D eigenvalue weighted by Gasteiger charge is -2.42. The van der Waals surface area contributed by atoms with Gasteiger partial charge in [0.05, 0.1) is 18.7 Å². The molecule has 0 aliphatic carbocycles. The summed E-state index contributed by atoms with van der Waals surface area (Å²) in [6.07, 6.45) is 0.907. The SMILES string of the molecule is Cc1cccc(CN2C(=O)C3=C(CCN(Cc4ccccc4)C3)N3CCN=C23)c1C. The second-order valence-corrected chi connectivity index (χ2v) is 8.46. The maximum atomic E-state index is 13.6. The van der Waals surface area contributed by atoms with Gasteiger partial charge in [0.1, 0.15) is 0 Å². The van der Waals surface area contributed by atoms with E-state index in [2.05, 4.69) is 66.1 Å². The number of carbonyl (C=O) groups is 1. The van der Waals surface area contributed by atoms with Gasteiger partial charge in [0.25, 0.3) is 5.91 Å². The van der Waals surface area contributed by atoms with E-state index in [9.17, 15) is 4.79 Å². The molecule has 0 spiro atoms. The molecule has 0 aromatic heterocycles. The first-order chi connectivity index (χ1) is 14.6. The van der Waals surface area contributed by atoms with E-state index in [4.69, 9.17) is 4.99 Å². The first-order valence-electron chi connectivity index (χ1n) is 10.8. The number of benzene rings is 2. The van der Waals surface area contributed by atoms with E-state index in [1.54, 1.807) is 0 Å². The molecule has 0 unspecified atom stereocenters. The highest BCUT2D eigenvalue weighted by Crippen LogP contribution is 2.32. The van der Waals surface area contributed by atoms with E-state index < -0.39 is 0 Å². The van der Waals surface area contributed by atoms with Crippen molar-refractivity contribution in [3.8, 4) is 0 Å². The minimum absolute atomic E-state index is 0.126. The van der Waals surface area contributed by atoms with Crippen LogP contribution in [0.2, 0.25) is 0 Å². The zero-order valence-electron chi connectivity index (χ0n) is 17.8. The third kappa shape index (κ3) is 3.33.